The normalized spacial score (nSPS) is 37.8. The van der Waals surface area contributed by atoms with Gasteiger partial charge < -0.3 is 0 Å². The zero-order chi connectivity index (χ0) is 10.4. The predicted octanol–water partition coefficient (Wildman–Crippen LogP) is 3.54. The second-order valence-corrected chi connectivity index (χ2v) is 7.46. The Morgan fingerprint density at radius 3 is 2.20 bits per heavy atom. The molecule has 0 aromatic rings. The standard InChI is InChI=1S/C13H23NS/c1-11-10-15-13(14-11)8-6-12(7-9-13)4-2-3-5-12/h11,14H,2-10H2,1H3. The molecule has 0 aromatic carbocycles. The van der Waals surface area contributed by atoms with Crippen LogP contribution in [0.25, 0.3) is 0 Å². The van der Waals surface area contributed by atoms with Gasteiger partial charge >= 0.3 is 0 Å². The van der Waals surface area contributed by atoms with Crippen molar-refractivity contribution in [3.8, 4) is 0 Å². The van der Waals surface area contributed by atoms with E-state index in [1.807, 2.05) is 0 Å². The van der Waals surface area contributed by atoms with Gasteiger partial charge in [0.1, 0.15) is 0 Å². The van der Waals surface area contributed by atoms with E-state index in [0.717, 1.165) is 11.5 Å². The summed E-state index contributed by atoms with van der Waals surface area (Å²) < 4.78 is 0. The highest BCUT2D eigenvalue weighted by molar-refractivity contribution is 8.00. The Kier molecular flexibility index (Phi) is 2.55. The molecule has 0 aromatic heterocycles. The SMILES string of the molecule is CC1CSC2(CCC3(CCCC3)CC2)N1. The van der Waals surface area contributed by atoms with E-state index in [9.17, 15) is 0 Å². The van der Waals surface area contributed by atoms with Crippen LogP contribution >= 0.6 is 11.8 Å². The van der Waals surface area contributed by atoms with E-state index >= 15 is 0 Å². The smallest absolute Gasteiger partial charge is 0.0648 e. The maximum absolute atomic E-state index is 3.84. The molecule has 0 radical (unpaired) electrons. The van der Waals surface area contributed by atoms with Gasteiger partial charge in [-0.1, -0.05) is 12.8 Å². The zero-order valence-corrected chi connectivity index (χ0v) is 10.7. The van der Waals surface area contributed by atoms with Crippen LogP contribution in [0, 0.1) is 5.41 Å². The third kappa shape index (κ3) is 1.84. The number of hydrogen-bond donors (Lipinski definition) is 1. The lowest BCUT2D eigenvalue weighted by Crippen LogP contribution is -2.45. The lowest BCUT2D eigenvalue weighted by Gasteiger charge is -2.43. The molecule has 1 aliphatic heterocycles. The monoisotopic (exact) mass is 225 g/mol. The quantitative estimate of drug-likeness (QED) is 0.677. The fourth-order valence-electron chi connectivity index (χ4n) is 3.91. The molecule has 2 aliphatic carbocycles. The highest BCUT2D eigenvalue weighted by Crippen LogP contribution is 2.54. The molecule has 15 heavy (non-hydrogen) atoms. The lowest BCUT2D eigenvalue weighted by molar-refractivity contribution is 0.155. The van der Waals surface area contributed by atoms with E-state index < -0.39 is 0 Å². The first kappa shape index (κ1) is 10.5. The van der Waals surface area contributed by atoms with Crippen molar-refractivity contribution < 1.29 is 0 Å². The molecular weight excluding hydrogens is 202 g/mol. The fourth-order valence-corrected chi connectivity index (χ4v) is 5.34. The Balaban J connectivity index is 1.65. The van der Waals surface area contributed by atoms with Gasteiger partial charge in [0.15, 0.2) is 0 Å². The molecule has 86 valence electrons. The molecule has 3 rings (SSSR count). The van der Waals surface area contributed by atoms with Crippen molar-refractivity contribution in [2.24, 2.45) is 5.41 Å². The molecule has 2 spiro atoms. The molecule has 0 bridgehead atoms. The van der Waals surface area contributed by atoms with E-state index in [2.05, 4.69) is 24.0 Å². The third-order valence-electron chi connectivity index (χ3n) is 4.90. The van der Waals surface area contributed by atoms with E-state index in [1.54, 1.807) is 0 Å². The van der Waals surface area contributed by atoms with Gasteiger partial charge in [-0.05, 0) is 50.9 Å². The summed E-state index contributed by atoms with van der Waals surface area (Å²) >= 11 is 2.20. The summed E-state index contributed by atoms with van der Waals surface area (Å²) in [7, 11) is 0. The molecule has 1 N–H and O–H groups in total. The van der Waals surface area contributed by atoms with Crippen LogP contribution in [-0.4, -0.2) is 16.7 Å². The molecule has 0 amide bonds. The zero-order valence-electron chi connectivity index (χ0n) is 9.85. The maximum Gasteiger partial charge on any atom is 0.0648 e. The summed E-state index contributed by atoms with van der Waals surface area (Å²) in [6.07, 6.45) is 11.9. The van der Waals surface area contributed by atoms with Gasteiger partial charge in [-0.2, -0.15) is 0 Å². The highest BCUT2D eigenvalue weighted by atomic mass is 32.2. The predicted molar refractivity (Wildman–Crippen MR) is 67.2 cm³/mol. The van der Waals surface area contributed by atoms with Crippen molar-refractivity contribution in [2.75, 3.05) is 5.75 Å². The minimum absolute atomic E-state index is 0.493. The van der Waals surface area contributed by atoms with Gasteiger partial charge in [-0.15, -0.1) is 11.8 Å². The van der Waals surface area contributed by atoms with Crippen molar-refractivity contribution >= 4 is 11.8 Å². The molecule has 1 nitrogen and oxygen atoms in total. The summed E-state index contributed by atoms with van der Waals surface area (Å²) in [5.41, 5.74) is 0.791. The van der Waals surface area contributed by atoms with Gasteiger partial charge in [0.05, 0.1) is 4.87 Å². The van der Waals surface area contributed by atoms with Gasteiger partial charge in [0, 0.05) is 11.8 Å². The van der Waals surface area contributed by atoms with Crippen LogP contribution in [-0.2, 0) is 0 Å². The number of nitrogens with one attached hydrogen (secondary N) is 1. The second kappa shape index (κ2) is 3.66. The molecule has 3 aliphatic rings. The molecular formula is C13H23NS. The summed E-state index contributed by atoms with van der Waals surface area (Å²) in [4.78, 5) is 0.493. The first-order valence-electron chi connectivity index (χ1n) is 6.64. The topological polar surface area (TPSA) is 12.0 Å². The Morgan fingerprint density at radius 2 is 1.67 bits per heavy atom. The van der Waals surface area contributed by atoms with Crippen LogP contribution in [0.15, 0.2) is 0 Å². The lowest BCUT2D eigenvalue weighted by atomic mass is 9.71. The minimum Gasteiger partial charge on any atom is -0.299 e. The van der Waals surface area contributed by atoms with Crippen LogP contribution in [0.2, 0.25) is 0 Å². The van der Waals surface area contributed by atoms with Crippen LogP contribution in [0.1, 0.15) is 58.3 Å². The molecule has 3 fully saturated rings. The van der Waals surface area contributed by atoms with Crippen LogP contribution in [0.4, 0.5) is 0 Å². The van der Waals surface area contributed by atoms with E-state index in [-0.39, 0.29) is 0 Å². The molecule has 1 heterocycles. The largest absolute Gasteiger partial charge is 0.299 e. The van der Waals surface area contributed by atoms with Crippen LogP contribution in [0.3, 0.4) is 0 Å². The average Bonchev–Trinajstić information content (AvgIpc) is 2.81. The van der Waals surface area contributed by atoms with Gasteiger partial charge in [-0.3, -0.25) is 5.32 Å². The number of thioether (sulfide) groups is 1. The van der Waals surface area contributed by atoms with Gasteiger partial charge in [-0.25, -0.2) is 0 Å². The number of hydrogen-bond acceptors (Lipinski definition) is 2. The van der Waals surface area contributed by atoms with Crippen molar-refractivity contribution in [1.82, 2.24) is 5.32 Å². The molecule has 1 saturated heterocycles. The fraction of sp³-hybridized carbons (Fsp3) is 1.00. The molecule has 1 unspecified atom stereocenters. The van der Waals surface area contributed by atoms with Crippen molar-refractivity contribution in [2.45, 2.75) is 69.2 Å². The number of rotatable bonds is 0. The first-order chi connectivity index (χ1) is 7.22. The minimum atomic E-state index is 0.493. The first-order valence-corrected chi connectivity index (χ1v) is 7.62. The van der Waals surface area contributed by atoms with E-state index in [4.69, 9.17) is 0 Å². The van der Waals surface area contributed by atoms with Crippen LogP contribution < -0.4 is 5.32 Å². The van der Waals surface area contributed by atoms with Crippen molar-refractivity contribution in [3.05, 3.63) is 0 Å². The van der Waals surface area contributed by atoms with E-state index in [1.165, 1.54) is 57.1 Å². The Morgan fingerprint density at radius 1 is 1.00 bits per heavy atom. The van der Waals surface area contributed by atoms with Gasteiger partial charge in [0.25, 0.3) is 0 Å². The summed E-state index contributed by atoms with van der Waals surface area (Å²) in [6.45, 7) is 2.34. The average molecular weight is 225 g/mol. The van der Waals surface area contributed by atoms with Gasteiger partial charge in [0.2, 0.25) is 0 Å². The Labute approximate surface area is 97.8 Å². The highest BCUT2D eigenvalue weighted by Gasteiger charge is 2.46. The molecule has 2 heteroatoms. The maximum atomic E-state index is 3.84. The summed E-state index contributed by atoms with van der Waals surface area (Å²) in [6, 6.07) is 0.743. The van der Waals surface area contributed by atoms with E-state index in [0.29, 0.717) is 4.87 Å². The van der Waals surface area contributed by atoms with Crippen molar-refractivity contribution in [1.29, 1.82) is 0 Å². The second-order valence-electron chi connectivity index (χ2n) is 6.06. The molecule has 2 saturated carbocycles. The molecule has 1 atom stereocenters. The summed E-state index contributed by atoms with van der Waals surface area (Å²) in [5, 5.41) is 3.84. The van der Waals surface area contributed by atoms with Crippen LogP contribution in [0.5, 0.6) is 0 Å². The third-order valence-corrected chi connectivity index (χ3v) is 6.65. The Hall–Kier alpha value is 0.310. The summed E-state index contributed by atoms with van der Waals surface area (Å²) in [5.74, 6) is 1.33. The van der Waals surface area contributed by atoms with Crippen molar-refractivity contribution in [3.63, 3.8) is 0 Å². The Bertz CT molecular complexity index is 235.